The molecule has 3 N–H and O–H groups in total. The third kappa shape index (κ3) is 7.11. The number of anilines is 2. The number of hydrogen-bond acceptors (Lipinski definition) is 9. The lowest BCUT2D eigenvalue weighted by Crippen LogP contribution is -2.13. The number of nitrogens with zero attached hydrogens (tertiary/aromatic N) is 3. The van der Waals surface area contributed by atoms with Crippen LogP contribution in [0.25, 0.3) is 42.9 Å². The third-order valence-corrected chi connectivity index (χ3v) is 11.4. The SMILES string of the molecule is O=C(CSc1nc2cc(Cl)ccc2s1)Nc1ccc(-c2nc3ccc(NC(=O)CSc4nc5cc(Cl)ccc5s4)cc3[nH]2)cc1. The van der Waals surface area contributed by atoms with Gasteiger partial charge >= 0.3 is 0 Å². The molecular weight excluding hydrogens is 688 g/mol. The van der Waals surface area contributed by atoms with E-state index in [2.05, 4.69) is 30.6 Å². The number of benzene rings is 4. The molecular formula is C31H20Cl2N6O2S4. The number of H-pyrrole nitrogens is 1. The summed E-state index contributed by atoms with van der Waals surface area (Å²) in [4.78, 5) is 42.3. The number of aromatic nitrogens is 4. The number of halogens is 2. The molecule has 0 saturated heterocycles. The van der Waals surface area contributed by atoms with Crippen molar-refractivity contribution in [3.05, 3.63) is 88.9 Å². The van der Waals surface area contributed by atoms with Crippen molar-refractivity contribution < 1.29 is 9.59 Å². The first-order valence-corrected chi connectivity index (χ1v) is 17.8. The van der Waals surface area contributed by atoms with Gasteiger partial charge in [0.25, 0.3) is 0 Å². The molecule has 0 unspecified atom stereocenters. The molecule has 7 rings (SSSR count). The Morgan fingerprint density at radius 1 is 0.667 bits per heavy atom. The zero-order valence-electron chi connectivity index (χ0n) is 23.0. The molecule has 3 heterocycles. The van der Waals surface area contributed by atoms with Crippen LogP contribution in [0.5, 0.6) is 0 Å². The number of amides is 2. The van der Waals surface area contributed by atoms with E-state index < -0.39 is 0 Å². The molecule has 0 spiro atoms. The minimum absolute atomic E-state index is 0.119. The Morgan fingerprint density at radius 3 is 1.82 bits per heavy atom. The first-order valence-electron chi connectivity index (χ1n) is 13.4. The highest BCUT2D eigenvalue weighted by atomic mass is 35.5. The first-order chi connectivity index (χ1) is 21.8. The number of imidazole rings is 1. The quantitative estimate of drug-likeness (QED) is 0.128. The first kappa shape index (κ1) is 30.0. The molecule has 0 aliphatic heterocycles. The topological polar surface area (TPSA) is 113 Å². The number of aromatic amines is 1. The summed E-state index contributed by atoms with van der Waals surface area (Å²) in [5, 5.41) is 7.16. The molecule has 0 fully saturated rings. The largest absolute Gasteiger partial charge is 0.338 e. The van der Waals surface area contributed by atoms with Gasteiger partial charge in [-0.3, -0.25) is 9.59 Å². The summed E-state index contributed by atoms with van der Waals surface area (Å²) in [6.07, 6.45) is 0. The fraction of sp³-hybridized carbons (Fsp3) is 0.0645. The van der Waals surface area contributed by atoms with Crippen molar-refractivity contribution in [3.63, 3.8) is 0 Å². The van der Waals surface area contributed by atoms with Crippen LogP contribution in [-0.4, -0.2) is 43.3 Å². The molecule has 2 amide bonds. The van der Waals surface area contributed by atoms with Crippen molar-refractivity contribution >= 4 is 124 Å². The van der Waals surface area contributed by atoms with Gasteiger partial charge < -0.3 is 15.6 Å². The van der Waals surface area contributed by atoms with Gasteiger partial charge in [-0.25, -0.2) is 15.0 Å². The highest BCUT2D eigenvalue weighted by Crippen LogP contribution is 2.32. The molecule has 7 aromatic rings. The van der Waals surface area contributed by atoms with E-state index >= 15 is 0 Å². The molecule has 14 heteroatoms. The average Bonchev–Trinajstić information content (AvgIpc) is 3.75. The second-order valence-corrected chi connectivity index (χ2v) is 15.1. The second kappa shape index (κ2) is 13.0. The van der Waals surface area contributed by atoms with E-state index in [1.165, 1.54) is 46.2 Å². The number of rotatable bonds is 9. The Hall–Kier alpha value is -3.65. The summed E-state index contributed by atoms with van der Waals surface area (Å²) >= 11 is 18.0. The van der Waals surface area contributed by atoms with Crippen molar-refractivity contribution in [1.82, 2.24) is 19.9 Å². The lowest BCUT2D eigenvalue weighted by Gasteiger charge is -2.05. The molecule has 224 valence electrons. The van der Waals surface area contributed by atoms with E-state index in [1.54, 1.807) is 0 Å². The van der Waals surface area contributed by atoms with Crippen LogP contribution in [-0.2, 0) is 9.59 Å². The van der Waals surface area contributed by atoms with Crippen molar-refractivity contribution in [2.45, 2.75) is 8.68 Å². The van der Waals surface area contributed by atoms with E-state index in [9.17, 15) is 9.59 Å². The van der Waals surface area contributed by atoms with Crippen molar-refractivity contribution in [2.24, 2.45) is 0 Å². The van der Waals surface area contributed by atoms with Gasteiger partial charge in [-0.1, -0.05) is 46.7 Å². The monoisotopic (exact) mass is 706 g/mol. The number of carbonyl (C=O) groups is 2. The highest BCUT2D eigenvalue weighted by Gasteiger charge is 2.12. The average molecular weight is 708 g/mol. The zero-order valence-corrected chi connectivity index (χ0v) is 27.7. The van der Waals surface area contributed by atoms with Crippen LogP contribution in [0.1, 0.15) is 0 Å². The number of thiazole rings is 2. The number of nitrogens with one attached hydrogen (secondary N) is 3. The molecule has 8 nitrogen and oxygen atoms in total. The maximum atomic E-state index is 12.6. The Labute approximate surface area is 283 Å². The standard InChI is InChI=1S/C31H20Cl2N6O2S4/c32-17-3-9-25-23(11-17)38-30(44-25)42-14-27(40)34-19-5-1-16(2-6-19)29-36-21-8-7-20(13-22(21)37-29)35-28(41)15-43-31-39-24-12-18(33)4-10-26(24)45-31/h1-13H,14-15H2,(H,34,40)(H,35,41)(H,36,37). The minimum atomic E-state index is -0.127. The van der Waals surface area contributed by atoms with Gasteiger partial charge in [0.15, 0.2) is 8.68 Å². The number of carbonyl (C=O) groups excluding carboxylic acids is 2. The molecule has 45 heavy (non-hydrogen) atoms. The zero-order chi connectivity index (χ0) is 30.9. The van der Waals surface area contributed by atoms with Gasteiger partial charge in [-0.2, -0.15) is 0 Å². The van der Waals surface area contributed by atoms with Crippen LogP contribution >= 0.6 is 69.4 Å². The summed E-state index contributed by atoms with van der Waals surface area (Å²) in [5.41, 5.74) is 5.46. The van der Waals surface area contributed by atoms with Crippen LogP contribution in [0.2, 0.25) is 10.0 Å². The minimum Gasteiger partial charge on any atom is -0.338 e. The van der Waals surface area contributed by atoms with Gasteiger partial charge in [0.1, 0.15) is 5.82 Å². The van der Waals surface area contributed by atoms with Gasteiger partial charge in [-0.15, -0.1) is 22.7 Å². The highest BCUT2D eigenvalue weighted by molar-refractivity contribution is 8.02. The van der Waals surface area contributed by atoms with Crippen LogP contribution < -0.4 is 10.6 Å². The van der Waals surface area contributed by atoms with Crippen LogP contribution in [0.15, 0.2) is 87.5 Å². The summed E-state index contributed by atoms with van der Waals surface area (Å²) in [6, 6.07) is 24.2. The smallest absolute Gasteiger partial charge is 0.234 e. The maximum Gasteiger partial charge on any atom is 0.234 e. The molecule has 0 bridgehead atoms. The maximum absolute atomic E-state index is 12.6. The van der Waals surface area contributed by atoms with Crippen molar-refractivity contribution in [2.75, 3.05) is 22.1 Å². The van der Waals surface area contributed by atoms with E-state index in [4.69, 9.17) is 23.2 Å². The Kier molecular flexibility index (Phi) is 8.67. The Morgan fingerprint density at radius 2 is 1.22 bits per heavy atom. The molecule has 0 atom stereocenters. The Balaban J connectivity index is 0.937. The fourth-order valence-electron chi connectivity index (χ4n) is 4.47. The van der Waals surface area contributed by atoms with E-state index in [0.29, 0.717) is 27.2 Å². The predicted octanol–water partition coefficient (Wildman–Crippen LogP) is 9.22. The summed E-state index contributed by atoms with van der Waals surface area (Å²) in [6.45, 7) is 0. The summed E-state index contributed by atoms with van der Waals surface area (Å²) in [5.74, 6) is 0.917. The number of fused-ring (bicyclic) bond motifs is 3. The van der Waals surface area contributed by atoms with Gasteiger partial charge in [0.05, 0.1) is 43.0 Å². The van der Waals surface area contributed by atoms with Crippen molar-refractivity contribution in [3.8, 4) is 11.4 Å². The summed E-state index contributed by atoms with van der Waals surface area (Å²) in [7, 11) is 0. The van der Waals surface area contributed by atoms with Crippen LogP contribution in [0, 0.1) is 0 Å². The Bertz CT molecular complexity index is 2210. The molecule has 0 aliphatic carbocycles. The summed E-state index contributed by atoms with van der Waals surface area (Å²) < 4.78 is 3.70. The van der Waals surface area contributed by atoms with E-state index in [-0.39, 0.29) is 23.3 Å². The van der Waals surface area contributed by atoms with Crippen LogP contribution in [0.4, 0.5) is 11.4 Å². The molecule has 4 aromatic carbocycles. The van der Waals surface area contributed by atoms with E-state index in [1.807, 2.05) is 78.9 Å². The second-order valence-electron chi connectivity index (χ2n) is 9.75. The molecule has 0 saturated carbocycles. The third-order valence-electron chi connectivity index (χ3n) is 6.52. The van der Waals surface area contributed by atoms with Gasteiger partial charge in [0.2, 0.25) is 11.8 Å². The lowest BCUT2D eigenvalue weighted by molar-refractivity contribution is -0.114. The lowest BCUT2D eigenvalue weighted by atomic mass is 10.2. The fourth-order valence-corrected chi connectivity index (χ4v) is 8.50. The molecule has 3 aromatic heterocycles. The van der Waals surface area contributed by atoms with Crippen LogP contribution in [0.3, 0.4) is 0 Å². The predicted molar refractivity (Wildman–Crippen MR) is 189 cm³/mol. The van der Waals surface area contributed by atoms with Gasteiger partial charge in [0, 0.05) is 27.0 Å². The number of thioether (sulfide) groups is 2. The van der Waals surface area contributed by atoms with E-state index in [0.717, 1.165) is 45.7 Å². The molecule has 0 aliphatic rings. The van der Waals surface area contributed by atoms with Gasteiger partial charge in [-0.05, 0) is 78.9 Å². The number of hydrogen-bond donors (Lipinski definition) is 3. The van der Waals surface area contributed by atoms with Crippen molar-refractivity contribution in [1.29, 1.82) is 0 Å². The molecule has 0 radical (unpaired) electrons. The normalized spacial score (nSPS) is 11.4.